The quantitative estimate of drug-likeness (QED) is 0.339. The number of ether oxygens (including phenoxy) is 3. The van der Waals surface area contributed by atoms with Crippen LogP contribution in [0.25, 0.3) is 33.4 Å². The number of benzene rings is 3. The Kier molecular flexibility index (Phi) is 7.28. The van der Waals surface area contributed by atoms with Gasteiger partial charge >= 0.3 is 0 Å². The first kappa shape index (κ1) is 24.6. The van der Waals surface area contributed by atoms with Crippen molar-refractivity contribution in [2.75, 3.05) is 39.5 Å². The third-order valence-corrected chi connectivity index (χ3v) is 6.22. The van der Waals surface area contributed by atoms with Crippen LogP contribution in [0.4, 0.5) is 4.39 Å². The molecule has 0 unspecified atom stereocenters. The van der Waals surface area contributed by atoms with E-state index < -0.39 is 5.82 Å². The lowest BCUT2D eigenvalue weighted by Gasteiger charge is -2.27. The fourth-order valence-corrected chi connectivity index (χ4v) is 4.41. The average molecular weight is 502 g/mol. The third-order valence-electron chi connectivity index (χ3n) is 6.22. The molecule has 0 aliphatic carbocycles. The molecule has 2 heterocycles. The highest BCUT2D eigenvalue weighted by Crippen LogP contribution is 2.34. The van der Waals surface area contributed by atoms with Crippen LogP contribution >= 0.6 is 0 Å². The van der Waals surface area contributed by atoms with Crippen molar-refractivity contribution in [3.05, 3.63) is 72.2 Å². The Balaban J connectivity index is 1.52. The van der Waals surface area contributed by atoms with Crippen molar-refractivity contribution in [3.8, 4) is 33.9 Å². The SMILES string of the molecule is CCOc1ccc(-c2cnc3cccc(-c4ccc(C(=O)N5CCOCC5)c(F)c4)c3n2)cc1OCC. The first-order valence-corrected chi connectivity index (χ1v) is 12.4. The monoisotopic (exact) mass is 501 g/mol. The molecule has 3 aromatic carbocycles. The first-order valence-electron chi connectivity index (χ1n) is 12.4. The van der Waals surface area contributed by atoms with Crippen molar-refractivity contribution in [3.63, 3.8) is 0 Å². The molecule has 0 N–H and O–H groups in total. The van der Waals surface area contributed by atoms with Gasteiger partial charge in [0.2, 0.25) is 0 Å². The van der Waals surface area contributed by atoms with E-state index in [2.05, 4.69) is 4.98 Å². The molecule has 1 saturated heterocycles. The third kappa shape index (κ3) is 5.11. The number of carbonyl (C=O) groups is 1. The molecule has 8 heteroatoms. The van der Waals surface area contributed by atoms with Crippen molar-refractivity contribution < 1.29 is 23.4 Å². The second-order valence-corrected chi connectivity index (χ2v) is 8.56. The van der Waals surface area contributed by atoms with Crippen LogP contribution in [0.1, 0.15) is 24.2 Å². The zero-order valence-electron chi connectivity index (χ0n) is 20.9. The van der Waals surface area contributed by atoms with Crippen molar-refractivity contribution in [2.24, 2.45) is 0 Å². The van der Waals surface area contributed by atoms with Crippen molar-refractivity contribution in [1.82, 2.24) is 14.9 Å². The summed E-state index contributed by atoms with van der Waals surface area (Å²) in [6.45, 7) is 6.72. The van der Waals surface area contributed by atoms with Gasteiger partial charge in [-0.15, -0.1) is 0 Å². The molecule has 0 spiro atoms. The van der Waals surface area contributed by atoms with Crippen molar-refractivity contribution in [2.45, 2.75) is 13.8 Å². The van der Waals surface area contributed by atoms with Gasteiger partial charge in [0.25, 0.3) is 5.91 Å². The Hall–Kier alpha value is -4.04. The van der Waals surface area contributed by atoms with E-state index in [9.17, 15) is 4.79 Å². The molecule has 5 rings (SSSR count). The van der Waals surface area contributed by atoms with E-state index in [0.29, 0.717) is 73.3 Å². The molecule has 7 nitrogen and oxygen atoms in total. The summed E-state index contributed by atoms with van der Waals surface area (Å²) >= 11 is 0. The van der Waals surface area contributed by atoms with E-state index in [1.54, 1.807) is 23.2 Å². The van der Waals surface area contributed by atoms with Crippen LogP contribution in [0.5, 0.6) is 11.5 Å². The smallest absolute Gasteiger partial charge is 0.256 e. The summed E-state index contributed by atoms with van der Waals surface area (Å²) in [7, 11) is 0. The minimum atomic E-state index is -0.567. The molecule has 0 atom stereocenters. The zero-order valence-corrected chi connectivity index (χ0v) is 20.9. The standard InChI is InChI=1S/C29H28FN3O4/c1-3-36-26-11-9-20(17-27(26)37-4-2)25-18-31-24-7-5-6-21(28(24)32-25)19-8-10-22(23(30)16-19)29(34)33-12-14-35-15-13-33/h5-11,16-18H,3-4,12-15H2,1-2H3. The van der Waals surface area contributed by atoms with Gasteiger partial charge in [0.05, 0.1) is 54.9 Å². The number of morpholine rings is 1. The molecule has 4 aromatic rings. The lowest BCUT2D eigenvalue weighted by molar-refractivity contribution is 0.0300. The van der Waals surface area contributed by atoms with Crippen molar-refractivity contribution in [1.29, 1.82) is 0 Å². The van der Waals surface area contributed by atoms with Crippen LogP contribution < -0.4 is 9.47 Å². The summed E-state index contributed by atoms with van der Waals surface area (Å²) in [4.78, 5) is 23.9. The minimum absolute atomic E-state index is 0.0514. The number of fused-ring (bicyclic) bond motifs is 1. The van der Waals surface area contributed by atoms with Crippen LogP contribution in [-0.2, 0) is 4.74 Å². The zero-order chi connectivity index (χ0) is 25.8. The van der Waals surface area contributed by atoms with Gasteiger partial charge in [0.1, 0.15) is 5.82 Å². The molecule has 0 radical (unpaired) electrons. The molecule has 0 bridgehead atoms. The summed E-state index contributed by atoms with van der Waals surface area (Å²) in [6.07, 6.45) is 1.71. The summed E-state index contributed by atoms with van der Waals surface area (Å²) in [5, 5.41) is 0. The molecule has 1 fully saturated rings. The maximum absolute atomic E-state index is 15.2. The number of rotatable bonds is 7. The number of halogens is 1. The summed E-state index contributed by atoms with van der Waals surface area (Å²) in [5.74, 6) is 0.417. The maximum Gasteiger partial charge on any atom is 0.256 e. The minimum Gasteiger partial charge on any atom is -0.490 e. The molecular formula is C29H28FN3O4. The molecule has 1 amide bonds. The largest absolute Gasteiger partial charge is 0.490 e. The molecule has 0 saturated carbocycles. The Morgan fingerprint density at radius 2 is 1.73 bits per heavy atom. The topological polar surface area (TPSA) is 73.8 Å². The van der Waals surface area contributed by atoms with Crippen molar-refractivity contribution >= 4 is 16.9 Å². The van der Waals surface area contributed by atoms with Gasteiger partial charge in [-0.25, -0.2) is 9.37 Å². The number of aromatic nitrogens is 2. The number of nitrogens with zero attached hydrogens (tertiary/aromatic N) is 3. The van der Waals surface area contributed by atoms with Gasteiger partial charge in [-0.3, -0.25) is 9.78 Å². The molecule has 1 aromatic heterocycles. The second-order valence-electron chi connectivity index (χ2n) is 8.56. The molecule has 1 aliphatic rings. The fraction of sp³-hybridized carbons (Fsp3) is 0.276. The van der Waals surface area contributed by atoms with E-state index in [0.717, 1.165) is 11.1 Å². The van der Waals surface area contributed by atoms with Gasteiger partial charge in [0.15, 0.2) is 11.5 Å². The van der Waals surface area contributed by atoms with E-state index in [4.69, 9.17) is 19.2 Å². The fourth-order valence-electron chi connectivity index (χ4n) is 4.41. The lowest BCUT2D eigenvalue weighted by Crippen LogP contribution is -2.41. The van der Waals surface area contributed by atoms with Crippen LogP contribution in [0.15, 0.2) is 60.8 Å². The Labute approximate surface area is 214 Å². The molecule has 37 heavy (non-hydrogen) atoms. The summed E-state index contributed by atoms with van der Waals surface area (Å²) in [6, 6.07) is 16.0. The number of hydrogen-bond acceptors (Lipinski definition) is 6. The normalized spacial score (nSPS) is 13.5. The highest BCUT2D eigenvalue weighted by molar-refractivity contribution is 5.97. The number of amides is 1. The second kappa shape index (κ2) is 10.9. The molecular weight excluding hydrogens is 473 g/mol. The Morgan fingerprint density at radius 3 is 2.49 bits per heavy atom. The summed E-state index contributed by atoms with van der Waals surface area (Å²) < 4.78 is 31.9. The predicted molar refractivity (Wildman–Crippen MR) is 139 cm³/mol. The molecule has 190 valence electrons. The van der Waals surface area contributed by atoms with E-state index in [-0.39, 0.29) is 11.5 Å². The maximum atomic E-state index is 15.2. The van der Waals surface area contributed by atoms with Gasteiger partial charge in [-0.2, -0.15) is 0 Å². The van der Waals surface area contributed by atoms with Gasteiger partial charge in [-0.05, 0) is 55.8 Å². The highest BCUT2D eigenvalue weighted by Gasteiger charge is 2.22. The van der Waals surface area contributed by atoms with Crippen LogP contribution in [-0.4, -0.2) is 60.3 Å². The average Bonchev–Trinajstić information content (AvgIpc) is 2.93. The van der Waals surface area contributed by atoms with Gasteiger partial charge in [-0.1, -0.05) is 18.2 Å². The Bertz CT molecular complexity index is 1440. The lowest BCUT2D eigenvalue weighted by atomic mass is 10.0. The number of hydrogen-bond donors (Lipinski definition) is 0. The van der Waals surface area contributed by atoms with Gasteiger partial charge < -0.3 is 19.1 Å². The summed E-state index contributed by atoms with van der Waals surface area (Å²) in [5.41, 5.74) is 4.21. The van der Waals surface area contributed by atoms with Crippen LogP contribution in [0.2, 0.25) is 0 Å². The Morgan fingerprint density at radius 1 is 0.973 bits per heavy atom. The first-order chi connectivity index (χ1) is 18.1. The van der Waals surface area contributed by atoms with Crippen LogP contribution in [0, 0.1) is 5.82 Å². The predicted octanol–water partition coefficient (Wildman–Crippen LogP) is 5.37. The highest BCUT2D eigenvalue weighted by atomic mass is 19.1. The molecule has 1 aliphatic heterocycles. The van der Waals surface area contributed by atoms with E-state index in [1.165, 1.54) is 6.07 Å². The van der Waals surface area contributed by atoms with Crippen LogP contribution in [0.3, 0.4) is 0 Å². The van der Waals surface area contributed by atoms with Gasteiger partial charge in [0, 0.05) is 24.2 Å². The number of para-hydroxylation sites is 1. The van der Waals surface area contributed by atoms with E-state index >= 15 is 4.39 Å². The van der Waals surface area contributed by atoms with E-state index in [1.807, 2.05) is 50.2 Å². The number of carbonyl (C=O) groups excluding carboxylic acids is 1.